The molecular formula is C9H16O4. The van der Waals surface area contributed by atoms with E-state index in [0.717, 1.165) is 0 Å². The van der Waals surface area contributed by atoms with Crippen LogP contribution < -0.4 is 0 Å². The van der Waals surface area contributed by atoms with Gasteiger partial charge in [-0.1, -0.05) is 6.58 Å². The van der Waals surface area contributed by atoms with Crippen LogP contribution in [0, 0.1) is 0 Å². The highest BCUT2D eigenvalue weighted by Gasteiger charge is 2.10. The second kappa shape index (κ2) is 5.72. The maximum absolute atomic E-state index is 10.9. The van der Waals surface area contributed by atoms with Gasteiger partial charge in [-0.3, -0.25) is 0 Å². The van der Waals surface area contributed by atoms with Gasteiger partial charge in [-0.25, -0.2) is 4.79 Å². The molecule has 0 amide bonds. The van der Waals surface area contributed by atoms with E-state index < -0.39 is 18.4 Å². The third-order valence-electron chi connectivity index (χ3n) is 1.19. The van der Waals surface area contributed by atoms with Crippen molar-refractivity contribution in [2.24, 2.45) is 0 Å². The summed E-state index contributed by atoms with van der Waals surface area (Å²) in [6, 6.07) is 0. The molecule has 0 aliphatic heterocycles. The van der Waals surface area contributed by atoms with Crippen molar-refractivity contribution in [3.05, 3.63) is 12.2 Å². The van der Waals surface area contributed by atoms with Gasteiger partial charge in [0, 0.05) is 5.57 Å². The van der Waals surface area contributed by atoms with E-state index in [4.69, 9.17) is 14.6 Å². The largest absolute Gasteiger partial charge is 0.433 e. The van der Waals surface area contributed by atoms with Crippen molar-refractivity contribution >= 4 is 5.97 Å². The molecule has 76 valence electrons. The van der Waals surface area contributed by atoms with Crippen LogP contribution in [0.5, 0.6) is 0 Å². The second-order valence-corrected chi connectivity index (χ2v) is 2.94. The van der Waals surface area contributed by atoms with E-state index in [1.54, 1.807) is 20.8 Å². The Kier molecular flexibility index (Phi) is 5.34. The van der Waals surface area contributed by atoms with Gasteiger partial charge in [0.15, 0.2) is 0 Å². The summed E-state index contributed by atoms with van der Waals surface area (Å²) in [6.07, 6.45) is -1.22. The van der Waals surface area contributed by atoms with Crippen molar-refractivity contribution in [3.8, 4) is 0 Å². The molecule has 0 radical (unpaired) electrons. The van der Waals surface area contributed by atoms with E-state index in [1.165, 1.54) is 0 Å². The lowest BCUT2D eigenvalue weighted by atomic mass is 10.4. The van der Waals surface area contributed by atoms with Crippen LogP contribution in [0.1, 0.15) is 20.8 Å². The summed E-state index contributed by atoms with van der Waals surface area (Å²) in [5.41, 5.74) is 0.326. The topological polar surface area (TPSA) is 55.8 Å². The zero-order valence-electron chi connectivity index (χ0n) is 8.24. The maximum atomic E-state index is 10.9. The molecule has 0 heterocycles. The Bertz CT molecular complexity index is 186. The van der Waals surface area contributed by atoms with Crippen LogP contribution >= 0.6 is 0 Å². The minimum absolute atomic E-state index is 0.143. The van der Waals surface area contributed by atoms with Gasteiger partial charge in [0.1, 0.15) is 0 Å². The zero-order chi connectivity index (χ0) is 10.4. The summed E-state index contributed by atoms with van der Waals surface area (Å²) in [7, 11) is 0. The van der Waals surface area contributed by atoms with Crippen molar-refractivity contribution in [2.45, 2.75) is 33.2 Å². The Morgan fingerprint density at radius 2 is 2.08 bits per heavy atom. The number of esters is 1. The summed E-state index contributed by atoms with van der Waals surface area (Å²) >= 11 is 0. The van der Waals surface area contributed by atoms with E-state index in [1.807, 2.05) is 0 Å². The van der Waals surface area contributed by atoms with Gasteiger partial charge >= 0.3 is 5.97 Å². The van der Waals surface area contributed by atoms with Crippen LogP contribution in [-0.2, 0) is 14.3 Å². The van der Waals surface area contributed by atoms with Gasteiger partial charge in [0.05, 0.1) is 12.7 Å². The Morgan fingerprint density at radius 3 is 2.46 bits per heavy atom. The van der Waals surface area contributed by atoms with Gasteiger partial charge in [-0.05, 0) is 20.8 Å². The lowest BCUT2D eigenvalue weighted by Crippen LogP contribution is -2.22. The van der Waals surface area contributed by atoms with Crippen LogP contribution in [0.25, 0.3) is 0 Å². The fraction of sp³-hybridized carbons (Fsp3) is 0.667. The Hall–Kier alpha value is -0.870. The number of aliphatic hydroxyl groups excluding tert-OH is 1. The van der Waals surface area contributed by atoms with Crippen LogP contribution in [0.3, 0.4) is 0 Å². The SMILES string of the molecule is C=C(C)C(=O)OC(C)OCC(C)O. The molecule has 0 bridgehead atoms. The molecule has 0 fully saturated rings. The molecular weight excluding hydrogens is 172 g/mol. The first-order valence-corrected chi connectivity index (χ1v) is 4.09. The van der Waals surface area contributed by atoms with E-state index >= 15 is 0 Å². The fourth-order valence-electron chi connectivity index (χ4n) is 0.560. The molecule has 1 N–H and O–H groups in total. The van der Waals surface area contributed by atoms with Gasteiger partial charge < -0.3 is 14.6 Å². The fourth-order valence-corrected chi connectivity index (χ4v) is 0.560. The Balaban J connectivity index is 3.68. The highest BCUT2D eigenvalue weighted by atomic mass is 16.7. The van der Waals surface area contributed by atoms with Crippen molar-refractivity contribution in [1.82, 2.24) is 0 Å². The molecule has 4 heteroatoms. The molecule has 0 saturated heterocycles. The molecule has 0 saturated carbocycles. The number of hydrogen-bond acceptors (Lipinski definition) is 4. The number of ether oxygens (including phenoxy) is 2. The van der Waals surface area contributed by atoms with Crippen molar-refractivity contribution < 1.29 is 19.4 Å². The van der Waals surface area contributed by atoms with Gasteiger partial charge in [-0.2, -0.15) is 0 Å². The summed E-state index contributed by atoms with van der Waals surface area (Å²) < 4.78 is 9.78. The van der Waals surface area contributed by atoms with Gasteiger partial charge in [-0.15, -0.1) is 0 Å². The average Bonchev–Trinajstić information content (AvgIpc) is 2.00. The Morgan fingerprint density at radius 1 is 1.54 bits per heavy atom. The van der Waals surface area contributed by atoms with Crippen LogP contribution in [-0.4, -0.2) is 30.1 Å². The molecule has 4 nitrogen and oxygen atoms in total. The molecule has 2 atom stereocenters. The van der Waals surface area contributed by atoms with Gasteiger partial charge in [0.2, 0.25) is 6.29 Å². The minimum atomic E-state index is -0.654. The first-order chi connectivity index (χ1) is 5.93. The summed E-state index contributed by atoms with van der Waals surface area (Å²) in [4.78, 5) is 10.9. The second-order valence-electron chi connectivity index (χ2n) is 2.94. The first kappa shape index (κ1) is 12.1. The molecule has 0 aromatic carbocycles. The van der Waals surface area contributed by atoms with E-state index in [0.29, 0.717) is 5.57 Å². The van der Waals surface area contributed by atoms with Crippen molar-refractivity contribution in [1.29, 1.82) is 0 Å². The number of rotatable bonds is 5. The van der Waals surface area contributed by atoms with Crippen molar-refractivity contribution in [3.63, 3.8) is 0 Å². The molecule has 0 aromatic heterocycles. The van der Waals surface area contributed by atoms with E-state index in [9.17, 15) is 4.79 Å². The normalized spacial score (nSPS) is 14.8. The molecule has 13 heavy (non-hydrogen) atoms. The highest BCUT2D eigenvalue weighted by molar-refractivity contribution is 5.86. The lowest BCUT2D eigenvalue weighted by molar-refractivity contribution is -0.174. The quantitative estimate of drug-likeness (QED) is 0.395. The van der Waals surface area contributed by atoms with Crippen LogP contribution in [0.4, 0.5) is 0 Å². The predicted molar refractivity (Wildman–Crippen MR) is 48.0 cm³/mol. The smallest absolute Gasteiger partial charge is 0.335 e. The number of carbonyl (C=O) groups is 1. The summed E-state index contributed by atoms with van der Waals surface area (Å²) in [5.74, 6) is -0.488. The van der Waals surface area contributed by atoms with E-state index in [-0.39, 0.29) is 6.61 Å². The molecule has 0 rings (SSSR count). The maximum Gasteiger partial charge on any atom is 0.335 e. The summed E-state index contributed by atoms with van der Waals surface area (Å²) in [5, 5.41) is 8.86. The monoisotopic (exact) mass is 188 g/mol. The third-order valence-corrected chi connectivity index (χ3v) is 1.19. The van der Waals surface area contributed by atoms with Crippen molar-refractivity contribution in [2.75, 3.05) is 6.61 Å². The molecule has 2 unspecified atom stereocenters. The number of aliphatic hydroxyl groups is 1. The third kappa shape index (κ3) is 6.31. The van der Waals surface area contributed by atoms with Crippen LogP contribution in [0.15, 0.2) is 12.2 Å². The number of hydrogen-bond donors (Lipinski definition) is 1. The molecule has 0 aliphatic rings. The van der Waals surface area contributed by atoms with Crippen LogP contribution in [0.2, 0.25) is 0 Å². The minimum Gasteiger partial charge on any atom is -0.433 e. The highest BCUT2D eigenvalue weighted by Crippen LogP contribution is 2.00. The molecule has 0 aliphatic carbocycles. The molecule has 0 spiro atoms. The lowest BCUT2D eigenvalue weighted by Gasteiger charge is -2.14. The van der Waals surface area contributed by atoms with E-state index in [2.05, 4.69) is 6.58 Å². The first-order valence-electron chi connectivity index (χ1n) is 4.09. The number of carbonyl (C=O) groups excluding carboxylic acids is 1. The van der Waals surface area contributed by atoms with Gasteiger partial charge in [0.25, 0.3) is 0 Å². The predicted octanol–water partition coefficient (Wildman–Crippen LogP) is 0.849. The zero-order valence-corrected chi connectivity index (χ0v) is 8.24. The molecule has 0 aromatic rings. The standard InChI is InChI=1S/C9H16O4/c1-6(2)9(11)13-8(4)12-5-7(3)10/h7-8,10H,1,5H2,2-4H3. The summed E-state index contributed by atoms with van der Waals surface area (Å²) in [6.45, 7) is 8.30. The average molecular weight is 188 g/mol. The Labute approximate surface area is 78.2 Å².